The van der Waals surface area contributed by atoms with Crippen molar-refractivity contribution in [3.8, 4) is 5.75 Å². The number of hydrogen-bond acceptors (Lipinski definition) is 3. The van der Waals surface area contributed by atoms with Crippen molar-refractivity contribution in [2.75, 3.05) is 18.9 Å². The van der Waals surface area contributed by atoms with Crippen LogP contribution in [0.1, 0.15) is 37.2 Å². The fourth-order valence-electron chi connectivity index (χ4n) is 2.70. The monoisotopic (exact) mass is 232 g/mol. The van der Waals surface area contributed by atoms with Crippen molar-refractivity contribution in [3.05, 3.63) is 23.8 Å². The van der Waals surface area contributed by atoms with Gasteiger partial charge in [-0.1, -0.05) is 12.5 Å². The number of benzene rings is 1. The fourth-order valence-corrected chi connectivity index (χ4v) is 2.70. The highest BCUT2D eigenvalue weighted by atomic mass is 16.5. The minimum atomic E-state index is 0.514. The Labute approximate surface area is 102 Å². The van der Waals surface area contributed by atoms with Gasteiger partial charge in [0.2, 0.25) is 0 Å². The summed E-state index contributed by atoms with van der Waals surface area (Å²) in [6.07, 6.45) is 5.12. The van der Waals surface area contributed by atoms with Crippen LogP contribution < -0.4 is 15.8 Å². The largest absolute Gasteiger partial charge is 0.493 e. The minimum absolute atomic E-state index is 0.514. The first-order valence-corrected chi connectivity index (χ1v) is 6.59. The van der Waals surface area contributed by atoms with Gasteiger partial charge in [0, 0.05) is 29.8 Å². The molecule has 1 aliphatic heterocycles. The van der Waals surface area contributed by atoms with Crippen molar-refractivity contribution in [1.29, 1.82) is 0 Å². The first-order valence-electron chi connectivity index (χ1n) is 6.59. The molecule has 1 unspecified atom stereocenters. The van der Waals surface area contributed by atoms with Crippen molar-refractivity contribution in [2.45, 2.75) is 37.6 Å². The number of nitrogens with two attached hydrogens (primary N) is 1. The van der Waals surface area contributed by atoms with Crippen LogP contribution in [-0.4, -0.2) is 19.2 Å². The molecule has 17 heavy (non-hydrogen) atoms. The topological polar surface area (TPSA) is 47.3 Å². The van der Waals surface area contributed by atoms with Crippen molar-refractivity contribution in [1.82, 2.24) is 5.32 Å². The van der Waals surface area contributed by atoms with Gasteiger partial charge in [0.1, 0.15) is 5.75 Å². The number of fused-ring (bicyclic) bond motifs is 1. The predicted octanol–water partition coefficient (Wildman–Crippen LogP) is 2.28. The number of ether oxygens (including phenoxy) is 1. The normalized spacial score (nSPS) is 23.6. The Balaban J connectivity index is 1.73. The maximum Gasteiger partial charge on any atom is 0.124 e. The molecule has 3 rings (SSSR count). The van der Waals surface area contributed by atoms with Gasteiger partial charge in [0.25, 0.3) is 0 Å². The lowest BCUT2D eigenvalue weighted by molar-refractivity contribution is 0.254. The standard InChI is InChI=1S/C14H20N2O/c15-12-5-2-6-13-14(12)10(7-8-17-13)9-16-11-3-1-4-11/h2,5-6,10-11,16H,1,3-4,7-9,15H2. The molecule has 0 spiro atoms. The second-order valence-corrected chi connectivity index (χ2v) is 5.13. The van der Waals surface area contributed by atoms with Crippen LogP contribution in [0.15, 0.2) is 18.2 Å². The Kier molecular flexibility index (Phi) is 2.93. The average molecular weight is 232 g/mol. The molecule has 0 aromatic heterocycles. The van der Waals surface area contributed by atoms with Crippen LogP contribution in [0.2, 0.25) is 0 Å². The zero-order valence-electron chi connectivity index (χ0n) is 10.1. The van der Waals surface area contributed by atoms with E-state index in [0.29, 0.717) is 5.92 Å². The van der Waals surface area contributed by atoms with Gasteiger partial charge >= 0.3 is 0 Å². The third-order valence-corrected chi connectivity index (χ3v) is 3.99. The predicted molar refractivity (Wildman–Crippen MR) is 69.3 cm³/mol. The molecule has 1 aliphatic carbocycles. The third-order valence-electron chi connectivity index (χ3n) is 3.99. The molecule has 1 fully saturated rings. The highest BCUT2D eigenvalue weighted by Crippen LogP contribution is 2.37. The highest BCUT2D eigenvalue weighted by molar-refractivity contribution is 5.57. The van der Waals surface area contributed by atoms with Crippen LogP contribution in [0.4, 0.5) is 5.69 Å². The van der Waals surface area contributed by atoms with E-state index >= 15 is 0 Å². The summed E-state index contributed by atoms with van der Waals surface area (Å²) in [4.78, 5) is 0. The van der Waals surface area contributed by atoms with E-state index < -0.39 is 0 Å². The van der Waals surface area contributed by atoms with Crippen LogP contribution in [0, 0.1) is 0 Å². The van der Waals surface area contributed by atoms with Gasteiger partial charge in [-0.25, -0.2) is 0 Å². The number of nitrogens with one attached hydrogen (secondary N) is 1. The summed E-state index contributed by atoms with van der Waals surface area (Å²) in [5, 5.41) is 3.65. The molecule has 1 heterocycles. The molecule has 3 heteroatoms. The number of rotatable bonds is 3. The van der Waals surface area contributed by atoms with Crippen molar-refractivity contribution < 1.29 is 4.74 Å². The molecule has 0 saturated heterocycles. The van der Waals surface area contributed by atoms with Crippen LogP contribution in [0.25, 0.3) is 0 Å². The van der Waals surface area contributed by atoms with Crippen LogP contribution >= 0.6 is 0 Å². The van der Waals surface area contributed by atoms with E-state index in [-0.39, 0.29) is 0 Å². The van der Waals surface area contributed by atoms with Crippen molar-refractivity contribution in [3.63, 3.8) is 0 Å². The van der Waals surface area contributed by atoms with Gasteiger partial charge in [-0.3, -0.25) is 0 Å². The molecule has 1 saturated carbocycles. The van der Waals surface area contributed by atoms with E-state index in [1.165, 1.54) is 24.8 Å². The summed E-state index contributed by atoms with van der Waals surface area (Å²) in [5.41, 5.74) is 8.17. The van der Waals surface area contributed by atoms with E-state index in [1.54, 1.807) is 0 Å². The second kappa shape index (κ2) is 4.57. The van der Waals surface area contributed by atoms with Crippen LogP contribution in [-0.2, 0) is 0 Å². The summed E-state index contributed by atoms with van der Waals surface area (Å²) in [6, 6.07) is 6.72. The van der Waals surface area contributed by atoms with Crippen LogP contribution in [0.3, 0.4) is 0 Å². The van der Waals surface area contributed by atoms with Crippen molar-refractivity contribution >= 4 is 5.69 Å². The average Bonchev–Trinajstić information content (AvgIpc) is 2.27. The summed E-state index contributed by atoms with van der Waals surface area (Å²) in [7, 11) is 0. The molecule has 1 aromatic rings. The Bertz CT molecular complexity index is 401. The van der Waals surface area contributed by atoms with E-state index in [1.807, 2.05) is 18.2 Å². The molecule has 0 amide bonds. The van der Waals surface area contributed by atoms with E-state index in [4.69, 9.17) is 10.5 Å². The summed E-state index contributed by atoms with van der Waals surface area (Å²) in [5.74, 6) is 1.50. The number of anilines is 1. The van der Waals surface area contributed by atoms with Gasteiger partial charge in [0.15, 0.2) is 0 Å². The molecular formula is C14H20N2O. The van der Waals surface area contributed by atoms with E-state index in [0.717, 1.165) is 37.1 Å². The Morgan fingerprint density at radius 3 is 2.94 bits per heavy atom. The molecule has 1 aromatic carbocycles. The van der Waals surface area contributed by atoms with Gasteiger partial charge < -0.3 is 15.8 Å². The Morgan fingerprint density at radius 1 is 1.29 bits per heavy atom. The second-order valence-electron chi connectivity index (χ2n) is 5.13. The maximum absolute atomic E-state index is 6.08. The number of hydrogen-bond donors (Lipinski definition) is 2. The van der Waals surface area contributed by atoms with Crippen LogP contribution in [0.5, 0.6) is 5.75 Å². The molecule has 92 valence electrons. The fraction of sp³-hybridized carbons (Fsp3) is 0.571. The molecule has 0 radical (unpaired) electrons. The van der Waals surface area contributed by atoms with E-state index in [2.05, 4.69) is 5.32 Å². The molecule has 0 bridgehead atoms. The quantitative estimate of drug-likeness (QED) is 0.786. The highest BCUT2D eigenvalue weighted by Gasteiger charge is 2.25. The first-order chi connectivity index (χ1) is 8.34. The van der Waals surface area contributed by atoms with E-state index in [9.17, 15) is 0 Å². The third kappa shape index (κ3) is 2.12. The lowest BCUT2D eigenvalue weighted by Gasteiger charge is -2.32. The van der Waals surface area contributed by atoms with Gasteiger partial charge in [-0.2, -0.15) is 0 Å². The minimum Gasteiger partial charge on any atom is -0.493 e. The molecule has 3 N–H and O–H groups in total. The van der Waals surface area contributed by atoms with Gasteiger partial charge in [-0.15, -0.1) is 0 Å². The lowest BCUT2D eigenvalue weighted by atomic mass is 9.89. The zero-order chi connectivity index (χ0) is 11.7. The van der Waals surface area contributed by atoms with Gasteiger partial charge in [-0.05, 0) is 31.4 Å². The lowest BCUT2D eigenvalue weighted by Crippen LogP contribution is -2.38. The summed E-state index contributed by atoms with van der Waals surface area (Å²) < 4.78 is 5.67. The molecule has 2 aliphatic rings. The first kappa shape index (κ1) is 10.9. The van der Waals surface area contributed by atoms with Gasteiger partial charge in [0.05, 0.1) is 6.61 Å². The Morgan fingerprint density at radius 2 is 2.18 bits per heavy atom. The Hall–Kier alpha value is -1.22. The smallest absolute Gasteiger partial charge is 0.124 e. The zero-order valence-corrected chi connectivity index (χ0v) is 10.1. The SMILES string of the molecule is Nc1cccc2c1C(CNC1CCC1)CCO2. The summed E-state index contributed by atoms with van der Waals surface area (Å²) >= 11 is 0. The summed E-state index contributed by atoms with van der Waals surface area (Å²) in [6.45, 7) is 1.85. The molecular weight excluding hydrogens is 212 g/mol. The van der Waals surface area contributed by atoms with Crippen molar-refractivity contribution in [2.24, 2.45) is 0 Å². The molecule has 3 nitrogen and oxygen atoms in total. The maximum atomic E-state index is 6.08. The number of nitrogen functional groups attached to an aromatic ring is 1. The molecule has 1 atom stereocenters.